The van der Waals surface area contributed by atoms with Gasteiger partial charge in [-0.05, 0) is 49.7 Å². The van der Waals surface area contributed by atoms with Crippen LogP contribution in [0.4, 0.5) is 10.1 Å². The third-order valence-corrected chi connectivity index (χ3v) is 2.83. The smallest absolute Gasteiger partial charge is 0.140 e. The summed E-state index contributed by atoms with van der Waals surface area (Å²) < 4.78 is 18.8. The van der Waals surface area contributed by atoms with Crippen LogP contribution >= 0.6 is 0 Å². The highest BCUT2D eigenvalue weighted by Crippen LogP contribution is 2.23. The topological polar surface area (TPSA) is 45.0 Å². The molecule has 1 atom stereocenters. The van der Waals surface area contributed by atoms with Crippen LogP contribution in [0.3, 0.4) is 0 Å². The van der Waals surface area contributed by atoms with Gasteiger partial charge in [0.1, 0.15) is 17.6 Å². The quantitative estimate of drug-likeness (QED) is 0.890. The van der Waals surface area contributed by atoms with Crippen molar-refractivity contribution in [1.82, 2.24) is 0 Å². The van der Waals surface area contributed by atoms with E-state index in [2.05, 4.69) is 11.4 Å². The summed E-state index contributed by atoms with van der Waals surface area (Å²) in [5, 5.41) is 12.3. The molecule has 0 fully saturated rings. The highest BCUT2D eigenvalue weighted by molar-refractivity contribution is 5.48. The largest absolute Gasteiger partial charge is 0.491 e. The normalized spacial score (nSPS) is 11.8. The van der Waals surface area contributed by atoms with Crippen molar-refractivity contribution >= 4 is 5.69 Å². The Labute approximate surface area is 124 Å². The number of nitrogens with zero attached hydrogens (tertiary/aromatic N) is 1. The predicted molar refractivity (Wildman–Crippen MR) is 80.6 cm³/mol. The number of anilines is 1. The van der Waals surface area contributed by atoms with Gasteiger partial charge in [-0.15, -0.1) is 0 Å². The number of hydrogen-bond acceptors (Lipinski definition) is 3. The minimum Gasteiger partial charge on any atom is -0.491 e. The molecule has 0 spiro atoms. The van der Waals surface area contributed by atoms with Crippen LogP contribution in [0.25, 0.3) is 0 Å². The Hall–Kier alpha value is -2.54. The molecule has 0 saturated heterocycles. The maximum absolute atomic E-state index is 13.2. The highest BCUT2D eigenvalue weighted by atomic mass is 19.1. The molecule has 21 heavy (non-hydrogen) atoms. The van der Waals surface area contributed by atoms with Gasteiger partial charge in [-0.1, -0.05) is 18.2 Å². The van der Waals surface area contributed by atoms with E-state index in [1.807, 2.05) is 38.1 Å². The number of nitriles is 1. The molecule has 0 amide bonds. The first-order chi connectivity index (χ1) is 10.1. The molecule has 3 nitrogen and oxygen atoms in total. The van der Waals surface area contributed by atoms with Crippen LogP contribution in [0.2, 0.25) is 0 Å². The molecule has 2 rings (SSSR count). The van der Waals surface area contributed by atoms with Crippen LogP contribution in [-0.2, 0) is 0 Å². The van der Waals surface area contributed by atoms with Gasteiger partial charge in [0.25, 0.3) is 0 Å². The van der Waals surface area contributed by atoms with E-state index in [4.69, 9.17) is 4.74 Å². The first-order valence-corrected chi connectivity index (χ1v) is 6.77. The van der Waals surface area contributed by atoms with Crippen molar-refractivity contribution in [3.05, 3.63) is 59.9 Å². The number of nitrogens with one attached hydrogen (secondary N) is 1. The van der Waals surface area contributed by atoms with E-state index < -0.39 is 6.04 Å². The van der Waals surface area contributed by atoms with Crippen LogP contribution in [0.15, 0.2) is 48.5 Å². The lowest BCUT2D eigenvalue weighted by Crippen LogP contribution is -2.10. The van der Waals surface area contributed by atoms with Crippen molar-refractivity contribution in [2.45, 2.75) is 26.0 Å². The monoisotopic (exact) mass is 284 g/mol. The molecule has 2 aromatic rings. The SMILES string of the molecule is CC(C)Oc1cccc(C(C#N)Nc2cccc(F)c2)c1. The van der Waals surface area contributed by atoms with E-state index in [9.17, 15) is 9.65 Å². The Balaban J connectivity index is 2.19. The van der Waals surface area contributed by atoms with Gasteiger partial charge in [-0.2, -0.15) is 5.26 Å². The Kier molecular flexibility index (Phi) is 4.78. The van der Waals surface area contributed by atoms with E-state index in [1.165, 1.54) is 12.1 Å². The maximum Gasteiger partial charge on any atom is 0.140 e. The first kappa shape index (κ1) is 14.9. The maximum atomic E-state index is 13.2. The zero-order valence-electron chi connectivity index (χ0n) is 12.0. The second-order valence-corrected chi connectivity index (χ2v) is 4.96. The molecule has 4 heteroatoms. The number of halogens is 1. The predicted octanol–water partition coefficient (Wildman–Crippen LogP) is 4.29. The van der Waals surface area contributed by atoms with Gasteiger partial charge >= 0.3 is 0 Å². The molecular weight excluding hydrogens is 267 g/mol. The average Bonchev–Trinajstić information content (AvgIpc) is 2.44. The highest BCUT2D eigenvalue weighted by Gasteiger charge is 2.12. The lowest BCUT2D eigenvalue weighted by Gasteiger charge is -2.15. The Bertz CT molecular complexity index is 649. The van der Waals surface area contributed by atoms with Gasteiger partial charge in [0.15, 0.2) is 0 Å². The van der Waals surface area contributed by atoms with E-state index in [1.54, 1.807) is 12.1 Å². The standard InChI is InChI=1S/C17H17FN2O/c1-12(2)21-16-8-3-5-13(9-16)17(11-19)20-15-7-4-6-14(18)10-15/h3-10,12,17,20H,1-2H3. The zero-order valence-corrected chi connectivity index (χ0v) is 12.0. The third-order valence-electron chi connectivity index (χ3n) is 2.83. The summed E-state index contributed by atoms with van der Waals surface area (Å²) in [6, 6.07) is 15.0. The minimum atomic E-state index is -0.567. The lowest BCUT2D eigenvalue weighted by molar-refractivity contribution is 0.242. The van der Waals surface area contributed by atoms with Crippen LogP contribution < -0.4 is 10.1 Å². The number of benzene rings is 2. The van der Waals surface area contributed by atoms with E-state index in [-0.39, 0.29) is 11.9 Å². The second-order valence-electron chi connectivity index (χ2n) is 4.96. The molecule has 1 N–H and O–H groups in total. The van der Waals surface area contributed by atoms with Gasteiger partial charge in [-0.25, -0.2) is 4.39 Å². The van der Waals surface area contributed by atoms with Crippen molar-refractivity contribution in [3.63, 3.8) is 0 Å². The molecule has 108 valence electrons. The number of hydrogen-bond donors (Lipinski definition) is 1. The van der Waals surface area contributed by atoms with Crippen LogP contribution in [0.1, 0.15) is 25.5 Å². The molecule has 0 aromatic heterocycles. The first-order valence-electron chi connectivity index (χ1n) is 6.77. The molecule has 0 aliphatic carbocycles. The van der Waals surface area contributed by atoms with Crippen molar-refractivity contribution in [2.75, 3.05) is 5.32 Å². The van der Waals surface area contributed by atoms with E-state index in [0.29, 0.717) is 11.4 Å². The molecule has 0 aliphatic heterocycles. The Morgan fingerprint density at radius 2 is 1.90 bits per heavy atom. The third kappa shape index (κ3) is 4.22. The lowest BCUT2D eigenvalue weighted by atomic mass is 10.1. The van der Waals surface area contributed by atoms with Gasteiger partial charge in [0.05, 0.1) is 12.2 Å². The molecule has 0 radical (unpaired) electrons. The van der Waals surface area contributed by atoms with Gasteiger partial charge in [0.2, 0.25) is 0 Å². The minimum absolute atomic E-state index is 0.0666. The van der Waals surface area contributed by atoms with Crippen molar-refractivity contribution in [2.24, 2.45) is 0 Å². The summed E-state index contributed by atoms with van der Waals surface area (Å²) in [5.74, 6) is 0.373. The Morgan fingerprint density at radius 3 is 2.57 bits per heavy atom. The zero-order chi connectivity index (χ0) is 15.2. The second kappa shape index (κ2) is 6.76. The summed E-state index contributed by atoms with van der Waals surface area (Å²) in [6.07, 6.45) is 0.0666. The molecule has 2 aromatic carbocycles. The molecular formula is C17H17FN2O. The number of ether oxygens (including phenoxy) is 1. The van der Waals surface area contributed by atoms with Gasteiger partial charge < -0.3 is 10.1 Å². The summed E-state index contributed by atoms with van der Waals surface area (Å²) >= 11 is 0. The molecule has 0 heterocycles. The summed E-state index contributed by atoms with van der Waals surface area (Å²) in [5.41, 5.74) is 1.34. The van der Waals surface area contributed by atoms with Crippen LogP contribution in [0.5, 0.6) is 5.75 Å². The van der Waals surface area contributed by atoms with Gasteiger partial charge in [0, 0.05) is 5.69 Å². The summed E-state index contributed by atoms with van der Waals surface area (Å²) in [4.78, 5) is 0. The molecule has 0 bridgehead atoms. The van der Waals surface area contributed by atoms with E-state index >= 15 is 0 Å². The summed E-state index contributed by atoms with van der Waals surface area (Å²) in [6.45, 7) is 3.89. The van der Waals surface area contributed by atoms with Crippen LogP contribution in [0, 0.1) is 17.1 Å². The molecule has 0 aliphatic rings. The fourth-order valence-corrected chi connectivity index (χ4v) is 1.97. The fourth-order valence-electron chi connectivity index (χ4n) is 1.97. The van der Waals surface area contributed by atoms with Gasteiger partial charge in [-0.3, -0.25) is 0 Å². The van der Waals surface area contributed by atoms with Crippen molar-refractivity contribution in [1.29, 1.82) is 5.26 Å². The van der Waals surface area contributed by atoms with Crippen molar-refractivity contribution in [3.8, 4) is 11.8 Å². The molecule has 0 saturated carbocycles. The molecule has 1 unspecified atom stereocenters. The average molecular weight is 284 g/mol. The van der Waals surface area contributed by atoms with Crippen molar-refractivity contribution < 1.29 is 9.13 Å². The summed E-state index contributed by atoms with van der Waals surface area (Å²) in [7, 11) is 0. The number of rotatable bonds is 5. The Morgan fingerprint density at radius 1 is 1.14 bits per heavy atom. The van der Waals surface area contributed by atoms with Crippen LogP contribution in [-0.4, -0.2) is 6.10 Å². The fraction of sp³-hybridized carbons (Fsp3) is 0.235. The van der Waals surface area contributed by atoms with E-state index in [0.717, 1.165) is 5.56 Å².